The van der Waals surface area contributed by atoms with Crippen LogP contribution in [0.25, 0.3) is 11.8 Å². The quantitative estimate of drug-likeness (QED) is 0.378. The molecule has 0 aliphatic carbocycles. The third-order valence-electron chi connectivity index (χ3n) is 5.76. The van der Waals surface area contributed by atoms with Crippen LogP contribution in [0.5, 0.6) is 0 Å². The van der Waals surface area contributed by atoms with E-state index in [0.717, 1.165) is 22.5 Å². The minimum atomic E-state index is -0.496. The van der Waals surface area contributed by atoms with E-state index < -0.39 is 11.8 Å². The Labute approximate surface area is 187 Å². The van der Waals surface area contributed by atoms with Crippen molar-refractivity contribution in [2.24, 2.45) is 0 Å². The topological polar surface area (TPSA) is 54.3 Å². The molecular formula is C25H23N3O2S. The van der Waals surface area contributed by atoms with Gasteiger partial charge in [-0.15, -0.1) is 0 Å². The van der Waals surface area contributed by atoms with Gasteiger partial charge in [-0.3, -0.25) is 19.8 Å². The monoisotopic (exact) mass is 429 g/mol. The van der Waals surface area contributed by atoms with Crippen molar-refractivity contribution in [1.82, 2.24) is 9.88 Å². The molecule has 31 heavy (non-hydrogen) atoms. The number of hydrogen-bond donors (Lipinski definition) is 1. The van der Waals surface area contributed by atoms with Crippen molar-refractivity contribution >= 4 is 40.9 Å². The maximum absolute atomic E-state index is 13.4. The Morgan fingerprint density at radius 1 is 0.903 bits per heavy atom. The van der Waals surface area contributed by atoms with Gasteiger partial charge in [-0.25, -0.2) is 0 Å². The molecule has 3 aromatic rings. The van der Waals surface area contributed by atoms with Crippen LogP contribution in [0.3, 0.4) is 0 Å². The summed E-state index contributed by atoms with van der Waals surface area (Å²) in [6, 6.07) is 15.6. The molecule has 6 heteroatoms. The summed E-state index contributed by atoms with van der Waals surface area (Å²) >= 11 is 5.34. The molecule has 0 spiro atoms. The molecule has 0 radical (unpaired) electrons. The van der Waals surface area contributed by atoms with Gasteiger partial charge >= 0.3 is 0 Å². The molecule has 2 amide bonds. The summed E-state index contributed by atoms with van der Waals surface area (Å²) in [6.45, 7) is 8.03. The molecule has 0 unspecified atom stereocenters. The van der Waals surface area contributed by atoms with Crippen molar-refractivity contribution in [3.05, 3.63) is 88.2 Å². The average Bonchev–Trinajstić information content (AvgIpc) is 3.18. The highest BCUT2D eigenvalue weighted by Crippen LogP contribution is 2.27. The zero-order valence-corrected chi connectivity index (χ0v) is 18.7. The van der Waals surface area contributed by atoms with Crippen LogP contribution in [-0.4, -0.2) is 21.5 Å². The number of nitrogens with one attached hydrogen (secondary N) is 1. The Morgan fingerprint density at radius 3 is 2.42 bits per heavy atom. The van der Waals surface area contributed by atoms with Crippen molar-refractivity contribution < 1.29 is 9.59 Å². The Morgan fingerprint density at radius 2 is 1.68 bits per heavy atom. The molecular weight excluding hydrogens is 406 g/mol. The van der Waals surface area contributed by atoms with E-state index in [9.17, 15) is 9.59 Å². The van der Waals surface area contributed by atoms with Crippen LogP contribution >= 0.6 is 12.2 Å². The van der Waals surface area contributed by atoms with Crippen molar-refractivity contribution in [2.75, 3.05) is 4.90 Å². The number of carbonyl (C=O) groups excluding carboxylic acids is 2. The third kappa shape index (κ3) is 3.70. The highest BCUT2D eigenvalue weighted by molar-refractivity contribution is 7.80. The summed E-state index contributed by atoms with van der Waals surface area (Å²) in [5.74, 6) is -0.931. The van der Waals surface area contributed by atoms with Gasteiger partial charge in [0.2, 0.25) is 0 Å². The van der Waals surface area contributed by atoms with Crippen LogP contribution in [0.2, 0.25) is 0 Å². The summed E-state index contributed by atoms with van der Waals surface area (Å²) in [5.41, 5.74) is 6.76. The fourth-order valence-electron chi connectivity index (χ4n) is 3.62. The number of aryl methyl sites for hydroxylation is 3. The standard InChI is InChI=1S/C25H23N3O2S/c1-15-10-11-20(13-17(15)3)27-12-6-8-19(27)14-21-23(29)26-25(31)28(24(21)30)22-9-5-7-16(2)18(22)4/h5-14H,1-4H3,(H,26,29,31)/b21-14+. The SMILES string of the molecule is Cc1ccc(-n2cccc2/C=C2\C(=O)NC(=S)N(c3cccc(C)c3C)C2=O)cc1C. The lowest BCUT2D eigenvalue weighted by atomic mass is 10.0. The Kier molecular flexibility index (Phi) is 5.33. The van der Waals surface area contributed by atoms with Crippen LogP contribution in [0.1, 0.15) is 27.9 Å². The van der Waals surface area contributed by atoms with Gasteiger partial charge in [-0.2, -0.15) is 0 Å². The first kappa shape index (κ1) is 20.8. The molecule has 2 heterocycles. The van der Waals surface area contributed by atoms with Crippen LogP contribution in [0, 0.1) is 27.7 Å². The summed E-state index contributed by atoms with van der Waals surface area (Å²) in [7, 11) is 0. The molecule has 0 atom stereocenters. The highest BCUT2D eigenvalue weighted by atomic mass is 32.1. The lowest BCUT2D eigenvalue weighted by Gasteiger charge is -2.30. The summed E-state index contributed by atoms with van der Waals surface area (Å²) in [4.78, 5) is 27.5. The second-order valence-electron chi connectivity index (χ2n) is 7.75. The fourth-order valence-corrected chi connectivity index (χ4v) is 3.90. The molecule has 1 fully saturated rings. The second kappa shape index (κ2) is 7.96. The Hall–Kier alpha value is -3.51. The number of hydrogen-bond acceptors (Lipinski definition) is 3. The summed E-state index contributed by atoms with van der Waals surface area (Å²) < 4.78 is 1.95. The lowest BCUT2D eigenvalue weighted by Crippen LogP contribution is -2.54. The second-order valence-corrected chi connectivity index (χ2v) is 8.14. The normalized spacial score (nSPS) is 15.5. The Balaban J connectivity index is 1.78. The molecule has 4 rings (SSSR count). The molecule has 1 aromatic heterocycles. The van der Waals surface area contributed by atoms with Crippen molar-refractivity contribution in [2.45, 2.75) is 27.7 Å². The number of aromatic nitrogens is 1. The molecule has 2 aromatic carbocycles. The van der Waals surface area contributed by atoms with Crippen LogP contribution in [-0.2, 0) is 9.59 Å². The molecule has 0 bridgehead atoms. The van der Waals surface area contributed by atoms with Gasteiger partial charge in [-0.05, 0) is 98.6 Å². The number of rotatable bonds is 3. The lowest BCUT2D eigenvalue weighted by molar-refractivity contribution is -0.122. The first-order chi connectivity index (χ1) is 14.8. The largest absolute Gasteiger partial charge is 0.317 e. The molecule has 1 N–H and O–H groups in total. The number of nitrogens with zero attached hydrogens (tertiary/aromatic N) is 2. The minimum absolute atomic E-state index is 0.0401. The van der Waals surface area contributed by atoms with Gasteiger partial charge in [-0.1, -0.05) is 18.2 Å². The van der Waals surface area contributed by atoms with Crippen LogP contribution in [0.4, 0.5) is 5.69 Å². The zero-order chi connectivity index (χ0) is 22.3. The predicted octanol–water partition coefficient (Wildman–Crippen LogP) is 4.54. The number of thiocarbonyl (C=S) groups is 1. The van der Waals surface area contributed by atoms with Crippen LogP contribution in [0.15, 0.2) is 60.3 Å². The van der Waals surface area contributed by atoms with Gasteiger partial charge in [0.25, 0.3) is 11.8 Å². The smallest absolute Gasteiger partial charge is 0.270 e. The maximum Gasteiger partial charge on any atom is 0.270 e. The van der Waals surface area contributed by atoms with Crippen molar-refractivity contribution in [1.29, 1.82) is 0 Å². The van der Waals surface area contributed by atoms with Crippen molar-refractivity contribution in [3.63, 3.8) is 0 Å². The number of carbonyl (C=O) groups is 2. The predicted molar refractivity (Wildman–Crippen MR) is 127 cm³/mol. The molecule has 156 valence electrons. The summed E-state index contributed by atoms with van der Waals surface area (Å²) in [6.07, 6.45) is 3.53. The number of amides is 2. The third-order valence-corrected chi connectivity index (χ3v) is 6.04. The van der Waals surface area contributed by atoms with Gasteiger partial charge in [0.05, 0.1) is 5.69 Å². The van der Waals surface area contributed by atoms with Gasteiger partial charge in [0, 0.05) is 17.6 Å². The fraction of sp³-hybridized carbons (Fsp3) is 0.160. The van der Waals surface area contributed by atoms with Gasteiger partial charge < -0.3 is 4.57 Å². The number of anilines is 1. The first-order valence-electron chi connectivity index (χ1n) is 10.0. The summed E-state index contributed by atoms with van der Waals surface area (Å²) in [5, 5.41) is 2.75. The molecule has 1 aliphatic heterocycles. The maximum atomic E-state index is 13.4. The van der Waals surface area contributed by atoms with E-state index in [-0.39, 0.29) is 10.7 Å². The van der Waals surface area contributed by atoms with E-state index in [4.69, 9.17) is 12.2 Å². The van der Waals surface area contributed by atoms with E-state index >= 15 is 0 Å². The zero-order valence-electron chi connectivity index (χ0n) is 17.9. The van der Waals surface area contributed by atoms with E-state index in [1.807, 2.05) is 61.0 Å². The van der Waals surface area contributed by atoms with E-state index in [1.165, 1.54) is 16.0 Å². The first-order valence-corrected chi connectivity index (χ1v) is 10.4. The molecule has 0 saturated carbocycles. The van der Waals surface area contributed by atoms with Crippen molar-refractivity contribution in [3.8, 4) is 5.69 Å². The Bertz CT molecular complexity index is 1270. The molecule has 1 aliphatic rings. The van der Waals surface area contributed by atoms with E-state index in [0.29, 0.717) is 5.69 Å². The van der Waals surface area contributed by atoms with E-state index in [2.05, 4.69) is 31.3 Å². The van der Waals surface area contributed by atoms with Gasteiger partial charge in [0.1, 0.15) is 5.57 Å². The van der Waals surface area contributed by atoms with E-state index in [1.54, 1.807) is 6.08 Å². The molecule has 5 nitrogen and oxygen atoms in total. The average molecular weight is 430 g/mol. The minimum Gasteiger partial charge on any atom is -0.317 e. The highest BCUT2D eigenvalue weighted by Gasteiger charge is 2.35. The van der Waals surface area contributed by atoms with Gasteiger partial charge in [0.15, 0.2) is 5.11 Å². The number of benzene rings is 2. The van der Waals surface area contributed by atoms with Crippen LogP contribution < -0.4 is 10.2 Å². The molecule has 1 saturated heterocycles.